The molecule has 3 rings (SSSR count). The zero-order valence-corrected chi connectivity index (χ0v) is 12.7. The van der Waals surface area contributed by atoms with E-state index in [0.717, 1.165) is 31.8 Å². The van der Waals surface area contributed by atoms with E-state index in [-0.39, 0.29) is 17.9 Å². The summed E-state index contributed by atoms with van der Waals surface area (Å²) >= 11 is 0. The molecule has 1 saturated carbocycles. The van der Waals surface area contributed by atoms with Crippen molar-refractivity contribution in [3.63, 3.8) is 0 Å². The topological polar surface area (TPSA) is 68.5 Å². The summed E-state index contributed by atoms with van der Waals surface area (Å²) in [6.07, 6.45) is 4.04. The van der Waals surface area contributed by atoms with Crippen molar-refractivity contribution in [2.45, 2.75) is 51.5 Å². The fourth-order valence-electron chi connectivity index (χ4n) is 2.86. The van der Waals surface area contributed by atoms with Crippen LogP contribution in [-0.2, 0) is 9.53 Å². The maximum Gasteiger partial charge on any atom is 0.309 e. The van der Waals surface area contributed by atoms with Gasteiger partial charge in [0.2, 0.25) is 5.89 Å². The Kier molecular flexibility index (Phi) is 4.24. The monoisotopic (exact) mass is 293 g/mol. The molecular weight excluding hydrogens is 270 g/mol. The van der Waals surface area contributed by atoms with Crippen molar-refractivity contribution < 1.29 is 14.1 Å². The second kappa shape index (κ2) is 6.13. The molecule has 0 spiro atoms. The van der Waals surface area contributed by atoms with Gasteiger partial charge in [0.25, 0.3) is 0 Å². The van der Waals surface area contributed by atoms with Gasteiger partial charge in [0.05, 0.1) is 18.6 Å². The highest BCUT2D eigenvalue weighted by Gasteiger charge is 2.33. The van der Waals surface area contributed by atoms with Crippen LogP contribution in [-0.4, -0.2) is 40.7 Å². The van der Waals surface area contributed by atoms with Crippen molar-refractivity contribution in [1.82, 2.24) is 15.0 Å². The first kappa shape index (κ1) is 14.5. The van der Waals surface area contributed by atoms with Gasteiger partial charge in [-0.2, -0.15) is 4.98 Å². The van der Waals surface area contributed by atoms with Gasteiger partial charge in [-0.15, -0.1) is 0 Å². The van der Waals surface area contributed by atoms with Crippen LogP contribution >= 0.6 is 0 Å². The maximum atomic E-state index is 11.7. The summed E-state index contributed by atoms with van der Waals surface area (Å²) in [6, 6.07) is 0.119. The Bertz CT molecular complexity index is 490. The summed E-state index contributed by atoms with van der Waals surface area (Å²) in [4.78, 5) is 18.6. The molecule has 0 N–H and O–H groups in total. The normalized spacial score (nSPS) is 22.2. The van der Waals surface area contributed by atoms with Crippen molar-refractivity contribution in [3.8, 4) is 0 Å². The van der Waals surface area contributed by atoms with E-state index in [2.05, 4.69) is 22.0 Å². The van der Waals surface area contributed by atoms with E-state index in [1.54, 1.807) is 0 Å². The molecule has 0 bridgehead atoms. The lowest BCUT2D eigenvalue weighted by Gasteiger charge is -2.33. The minimum atomic E-state index is -0.0568. The number of carbonyl (C=O) groups excluding carboxylic acids is 1. The zero-order valence-electron chi connectivity index (χ0n) is 12.7. The summed E-state index contributed by atoms with van der Waals surface area (Å²) in [5.74, 6) is 2.06. The molecular formula is C15H23N3O3. The molecule has 6 nitrogen and oxygen atoms in total. The Labute approximate surface area is 124 Å². The Morgan fingerprint density at radius 3 is 2.71 bits per heavy atom. The molecule has 1 aliphatic carbocycles. The van der Waals surface area contributed by atoms with Crippen molar-refractivity contribution in [2.75, 3.05) is 19.7 Å². The van der Waals surface area contributed by atoms with Crippen LogP contribution in [0, 0.1) is 5.92 Å². The highest BCUT2D eigenvalue weighted by molar-refractivity contribution is 5.72. The third-order valence-electron chi connectivity index (χ3n) is 4.45. The summed E-state index contributed by atoms with van der Waals surface area (Å²) in [6.45, 7) is 6.13. The molecule has 0 aromatic carbocycles. The average Bonchev–Trinajstić information content (AvgIpc) is 3.24. The second-order valence-corrected chi connectivity index (χ2v) is 6.00. The van der Waals surface area contributed by atoms with Gasteiger partial charge in [-0.25, -0.2) is 0 Å². The third-order valence-corrected chi connectivity index (χ3v) is 4.45. The van der Waals surface area contributed by atoms with E-state index >= 15 is 0 Å². The maximum absolute atomic E-state index is 11.7. The Morgan fingerprint density at radius 1 is 1.38 bits per heavy atom. The Morgan fingerprint density at radius 2 is 2.10 bits per heavy atom. The molecule has 6 heteroatoms. The van der Waals surface area contributed by atoms with Gasteiger partial charge in [0, 0.05) is 5.92 Å². The fourth-order valence-corrected chi connectivity index (χ4v) is 2.86. The van der Waals surface area contributed by atoms with Crippen LogP contribution in [0.4, 0.5) is 0 Å². The summed E-state index contributed by atoms with van der Waals surface area (Å²) in [5, 5.41) is 4.07. The molecule has 1 aromatic rings. The first-order valence-electron chi connectivity index (χ1n) is 7.93. The van der Waals surface area contributed by atoms with Gasteiger partial charge in [-0.05, 0) is 52.6 Å². The smallest absolute Gasteiger partial charge is 0.309 e. The first-order chi connectivity index (χ1) is 10.2. The predicted octanol–water partition coefficient (Wildman–Crippen LogP) is 2.28. The van der Waals surface area contributed by atoms with Gasteiger partial charge in [-0.1, -0.05) is 5.16 Å². The number of rotatable bonds is 5. The van der Waals surface area contributed by atoms with Crippen molar-refractivity contribution in [1.29, 1.82) is 0 Å². The predicted molar refractivity (Wildman–Crippen MR) is 75.6 cm³/mol. The fraction of sp³-hybridized carbons (Fsp3) is 0.800. The van der Waals surface area contributed by atoms with Gasteiger partial charge in [-0.3, -0.25) is 9.69 Å². The van der Waals surface area contributed by atoms with Crippen LogP contribution in [0.15, 0.2) is 4.52 Å². The minimum absolute atomic E-state index is 0.0399. The van der Waals surface area contributed by atoms with Crippen LogP contribution in [0.5, 0.6) is 0 Å². The summed E-state index contributed by atoms with van der Waals surface area (Å²) in [7, 11) is 0. The average molecular weight is 293 g/mol. The molecule has 0 amide bonds. The van der Waals surface area contributed by atoms with Crippen molar-refractivity contribution in [2.24, 2.45) is 5.92 Å². The third kappa shape index (κ3) is 3.26. The molecule has 2 heterocycles. The minimum Gasteiger partial charge on any atom is -0.466 e. The molecule has 1 aliphatic heterocycles. The number of carbonyl (C=O) groups is 1. The number of esters is 1. The van der Waals surface area contributed by atoms with E-state index in [0.29, 0.717) is 18.4 Å². The van der Waals surface area contributed by atoms with Crippen LogP contribution in [0.1, 0.15) is 63.2 Å². The van der Waals surface area contributed by atoms with E-state index in [1.807, 2.05) is 6.92 Å². The van der Waals surface area contributed by atoms with Crippen molar-refractivity contribution in [3.05, 3.63) is 11.7 Å². The number of aromatic nitrogens is 2. The molecule has 1 saturated heterocycles. The molecule has 21 heavy (non-hydrogen) atoms. The standard InChI is InChI=1S/C15H23N3O3/c1-3-20-15(19)12-6-8-18(9-7-12)10(2)14-16-13(17-21-14)11-4-5-11/h10-12H,3-9H2,1-2H3/t10-/m0/s1. The number of likely N-dealkylation sites (tertiary alicyclic amines) is 1. The first-order valence-corrected chi connectivity index (χ1v) is 7.93. The van der Waals surface area contributed by atoms with Crippen molar-refractivity contribution >= 4 is 5.97 Å². The van der Waals surface area contributed by atoms with E-state index in [1.165, 1.54) is 12.8 Å². The molecule has 1 atom stereocenters. The molecule has 1 aromatic heterocycles. The number of piperidine rings is 1. The largest absolute Gasteiger partial charge is 0.466 e. The molecule has 0 radical (unpaired) electrons. The SMILES string of the molecule is CCOC(=O)C1CCN([C@@H](C)c2nc(C3CC3)no2)CC1. The van der Waals surface area contributed by atoms with E-state index < -0.39 is 0 Å². The quantitative estimate of drug-likeness (QED) is 0.776. The van der Waals surface area contributed by atoms with Gasteiger partial charge < -0.3 is 9.26 Å². The number of nitrogens with zero attached hydrogens (tertiary/aromatic N) is 3. The zero-order chi connectivity index (χ0) is 14.8. The summed E-state index contributed by atoms with van der Waals surface area (Å²) in [5.41, 5.74) is 0. The van der Waals surface area contributed by atoms with E-state index in [4.69, 9.17) is 9.26 Å². The summed E-state index contributed by atoms with van der Waals surface area (Å²) < 4.78 is 10.5. The van der Waals surface area contributed by atoms with E-state index in [9.17, 15) is 4.79 Å². The van der Waals surface area contributed by atoms with Crippen LogP contribution < -0.4 is 0 Å². The van der Waals surface area contributed by atoms with Crippen LogP contribution in [0.25, 0.3) is 0 Å². The molecule has 2 aliphatic rings. The number of hydrogen-bond donors (Lipinski definition) is 0. The highest BCUT2D eigenvalue weighted by atomic mass is 16.5. The lowest BCUT2D eigenvalue weighted by atomic mass is 9.96. The lowest BCUT2D eigenvalue weighted by molar-refractivity contribution is -0.149. The molecule has 0 unspecified atom stereocenters. The van der Waals surface area contributed by atoms with Gasteiger partial charge in [0.1, 0.15) is 0 Å². The number of ether oxygens (including phenoxy) is 1. The Balaban J connectivity index is 1.54. The highest BCUT2D eigenvalue weighted by Crippen LogP contribution is 2.38. The van der Waals surface area contributed by atoms with Gasteiger partial charge in [0.15, 0.2) is 5.82 Å². The van der Waals surface area contributed by atoms with Crippen LogP contribution in [0.2, 0.25) is 0 Å². The molecule has 2 fully saturated rings. The van der Waals surface area contributed by atoms with Crippen LogP contribution in [0.3, 0.4) is 0 Å². The second-order valence-electron chi connectivity index (χ2n) is 6.00. The molecule has 116 valence electrons. The van der Waals surface area contributed by atoms with Gasteiger partial charge >= 0.3 is 5.97 Å². The number of hydrogen-bond acceptors (Lipinski definition) is 6. The Hall–Kier alpha value is -1.43. The lowest BCUT2D eigenvalue weighted by Crippen LogP contribution is -2.38.